The Morgan fingerprint density at radius 3 is 3.00 bits per heavy atom. The van der Waals surface area contributed by atoms with Crippen LogP contribution in [0.5, 0.6) is 0 Å². The van der Waals surface area contributed by atoms with Crippen molar-refractivity contribution in [3.05, 3.63) is 36.4 Å². The molecule has 1 aromatic carbocycles. The second kappa shape index (κ2) is 4.17. The summed E-state index contributed by atoms with van der Waals surface area (Å²) in [5.41, 5.74) is 7.48. The number of hydrogen-bond acceptors (Lipinski definition) is 3. The van der Waals surface area contributed by atoms with E-state index in [0.29, 0.717) is 17.8 Å². The van der Waals surface area contributed by atoms with E-state index in [1.54, 1.807) is 24.3 Å². The molecule has 0 aliphatic heterocycles. The summed E-state index contributed by atoms with van der Waals surface area (Å²) in [7, 11) is 0. The molecule has 0 radical (unpaired) electrons. The highest BCUT2D eigenvalue weighted by Gasteiger charge is 1.99. The van der Waals surface area contributed by atoms with Gasteiger partial charge in [0.15, 0.2) is 0 Å². The Bertz CT molecular complexity index is 350. The molecule has 66 valence electrons. The maximum Gasteiger partial charge on any atom is 0.101 e. The Morgan fingerprint density at radius 1 is 1.62 bits per heavy atom. The lowest BCUT2D eigenvalue weighted by Crippen LogP contribution is -2.00. The molecule has 0 aromatic heterocycles. The molecule has 3 heteroatoms. The van der Waals surface area contributed by atoms with Crippen molar-refractivity contribution in [3.8, 4) is 6.07 Å². The van der Waals surface area contributed by atoms with Gasteiger partial charge in [-0.2, -0.15) is 5.26 Å². The van der Waals surface area contributed by atoms with E-state index in [4.69, 9.17) is 11.0 Å². The fourth-order valence-electron chi connectivity index (χ4n) is 0.991. The lowest BCUT2D eigenvalue weighted by atomic mass is 10.1. The van der Waals surface area contributed by atoms with E-state index >= 15 is 0 Å². The summed E-state index contributed by atoms with van der Waals surface area (Å²) >= 11 is 0. The fraction of sp³-hybridized carbons (Fsp3) is 0.100. The molecule has 0 heterocycles. The fourth-order valence-corrected chi connectivity index (χ4v) is 0.991. The van der Waals surface area contributed by atoms with Crippen molar-refractivity contribution in [1.82, 2.24) is 0 Å². The minimum absolute atomic E-state index is 0.557. The van der Waals surface area contributed by atoms with Crippen LogP contribution in [0.1, 0.15) is 5.56 Å². The first-order valence-corrected chi connectivity index (χ1v) is 3.92. The Balaban J connectivity index is 2.94. The van der Waals surface area contributed by atoms with Gasteiger partial charge in [0.25, 0.3) is 0 Å². The molecular weight excluding hydrogens is 162 g/mol. The van der Waals surface area contributed by atoms with Crippen LogP contribution >= 0.6 is 0 Å². The number of nitrogen functional groups attached to an aromatic ring is 1. The molecule has 1 rings (SSSR count). The number of nitriles is 1. The average Bonchev–Trinajstić information content (AvgIpc) is 2.16. The summed E-state index contributed by atoms with van der Waals surface area (Å²) in [6.07, 6.45) is 1.73. The smallest absolute Gasteiger partial charge is 0.101 e. The molecule has 0 atom stereocenters. The molecule has 0 saturated heterocycles. The number of nitrogens with one attached hydrogen (secondary N) is 1. The molecule has 0 aliphatic carbocycles. The Morgan fingerprint density at radius 2 is 2.38 bits per heavy atom. The van der Waals surface area contributed by atoms with E-state index < -0.39 is 0 Å². The third-order valence-electron chi connectivity index (χ3n) is 1.60. The third-order valence-corrected chi connectivity index (χ3v) is 1.60. The van der Waals surface area contributed by atoms with Crippen molar-refractivity contribution in [2.24, 2.45) is 0 Å². The third kappa shape index (κ3) is 2.24. The van der Waals surface area contributed by atoms with Gasteiger partial charge in [-0.1, -0.05) is 6.08 Å². The van der Waals surface area contributed by atoms with Crippen LogP contribution in [0.4, 0.5) is 11.4 Å². The van der Waals surface area contributed by atoms with Gasteiger partial charge in [-0.25, -0.2) is 0 Å². The largest absolute Gasteiger partial charge is 0.399 e. The van der Waals surface area contributed by atoms with E-state index in [1.807, 2.05) is 0 Å². The summed E-state index contributed by atoms with van der Waals surface area (Å²) in [5.74, 6) is 0. The van der Waals surface area contributed by atoms with Gasteiger partial charge in [0, 0.05) is 12.2 Å². The summed E-state index contributed by atoms with van der Waals surface area (Å²) < 4.78 is 0. The van der Waals surface area contributed by atoms with Gasteiger partial charge in [0.1, 0.15) is 6.07 Å². The molecule has 3 N–H and O–H groups in total. The zero-order valence-electron chi connectivity index (χ0n) is 7.25. The van der Waals surface area contributed by atoms with Crippen molar-refractivity contribution >= 4 is 11.4 Å². The minimum Gasteiger partial charge on any atom is -0.399 e. The summed E-state index contributed by atoms with van der Waals surface area (Å²) in [5, 5.41) is 11.8. The number of nitrogens with two attached hydrogens (primary N) is 1. The van der Waals surface area contributed by atoms with Crippen molar-refractivity contribution in [2.45, 2.75) is 0 Å². The minimum atomic E-state index is 0.557. The van der Waals surface area contributed by atoms with Crippen molar-refractivity contribution in [2.75, 3.05) is 17.6 Å². The molecule has 3 nitrogen and oxygen atoms in total. The zero-order valence-corrected chi connectivity index (χ0v) is 7.25. The molecule has 0 saturated carbocycles. The van der Waals surface area contributed by atoms with Gasteiger partial charge in [0.2, 0.25) is 0 Å². The van der Waals surface area contributed by atoms with Crippen molar-refractivity contribution < 1.29 is 0 Å². The molecule has 0 amide bonds. The Labute approximate surface area is 77.5 Å². The molecule has 0 spiro atoms. The molecule has 0 fully saturated rings. The quantitative estimate of drug-likeness (QED) is 0.540. The van der Waals surface area contributed by atoms with Gasteiger partial charge >= 0.3 is 0 Å². The van der Waals surface area contributed by atoms with Gasteiger partial charge in [0.05, 0.1) is 11.3 Å². The molecule has 0 bridgehead atoms. The Kier molecular flexibility index (Phi) is 2.93. The number of hydrogen-bond donors (Lipinski definition) is 2. The standard InChI is InChI=1S/C10H11N3/c1-2-5-13-10-4-3-9(12)6-8(10)7-11/h2-4,6,13H,1,5,12H2. The van der Waals surface area contributed by atoms with Crippen LogP contribution < -0.4 is 11.1 Å². The molecule has 0 aliphatic rings. The number of rotatable bonds is 3. The SMILES string of the molecule is C=CCNc1ccc(N)cc1C#N. The average molecular weight is 173 g/mol. The lowest BCUT2D eigenvalue weighted by molar-refractivity contribution is 1.33. The van der Waals surface area contributed by atoms with Crippen LogP contribution in [0, 0.1) is 11.3 Å². The highest BCUT2D eigenvalue weighted by atomic mass is 14.9. The monoisotopic (exact) mass is 173 g/mol. The van der Waals surface area contributed by atoms with Gasteiger partial charge in [-0.15, -0.1) is 6.58 Å². The summed E-state index contributed by atoms with van der Waals surface area (Å²) in [6, 6.07) is 7.26. The highest BCUT2D eigenvalue weighted by Crippen LogP contribution is 2.17. The van der Waals surface area contributed by atoms with Crippen LogP contribution in [-0.4, -0.2) is 6.54 Å². The second-order valence-corrected chi connectivity index (χ2v) is 2.59. The summed E-state index contributed by atoms with van der Waals surface area (Å²) in [6.45, 7) is 4.22. The first kappa shape index (κ1) is 9.14. The first-order valence-electron chi connectivity index (χ1n) is 3.92. The van der Waals surface area contributed by atoms with Crippen LogP contribution in [0.25, 0.3) is 0 Å². The first-order chi connectivity index (χ1) is 6.27. The van der Waals surface area contributed by atoms with Crippen LogP contribution in [0.2, 0.25) is 0 Å². The number of anilines is 2. The molecular formula is C10H11N3. The van der Waals surface area contributed by atoms with Crippen LogP contribution in [0.3, 0.4) is 0 Å². The number of benzene rings is 1. The topological polar surface area (TPSA) is 61.8 Å². The molecule has 1 aromatic rings. The van der Waals surface area contributed by atoms with Gasteiger partial charge < -0.3 is 11.1 Å². The van der Waals surface area contributed by atoms with E-state index in [0.717, 1.165) is 5.69 Å². The second-order valence-electron chi connectivity index (χ2n) is 2.59. The predicted octanol–water partition coefficient (Wildman–Crippen LogP) is 1.74. The Hall–Kier alpha value is -1.95. The molecule has 0 unspecified atom stereocenters. The zero-order chi connectivity index (χ0) is 9.68. The maximum atomic E-state index is 8.77. The normalized spacial score (nSPS) is 8.85. The van der Waals surface area contributed by atoms with Crippen molar-refractivity contribution in [1.29, 1.82) is 5.26 Å². The van der Waals surface area contributed by atoms with E-state index in [9.17, 15) is 0 Å². The van der Waals surface area contributed by atoms with Crippen LogP contribution in [0.15, 0.2) is 30.9 Å². The summed E-state index contributed by atoms with van der Waals surface area (Å²) in [4.78, 5) is 0. The highest BCUT2D eigenvalue weighted by molar-refractivity contribution is 5.63. The molecule has 13 heavy (non-hydrogen) atoms. The van der Waals surface area contributed by atoms with Crippen LogP contribution in [-0.2, 0) is 0 Å². The van der Waals surface area contributed by atoms with E-state index in [1.165, 1.54) is 0 Å². The maximum absolute atomic E-state index is 8.77. The van der Waals surface area contributed by atoms with E-state index in [-0.39, 0.29) is 0 Å². The van der Waals surface area contributed by atoms with Gasteiger partial charge in [-0.3, -0.25) is 0 Å². The van der Waals surface area contributed by atoms with E-state index in [2.05, 4.69) is 18.0 Å². The lowest BCUT2D eigenvalue weighted by Gasteiger charge is -2.05. The van der Waals surface area contributed by atoms with Crippen molar-refractivity contribution in [3.63, 3.8) is 0 Å². The predicted molar refractivity (Wildman–Crippen MR) is 54.3 cm³/mol. The van der Waals surface area contributed by atoms with Gasteiger partial charge in [-0.05, 0) is 18.2 Å². The number of nitrogens with zero attached hydrogens (tertiary/aromatic N) is 1.